The maximum atomic E-state index is 12.5. The van der Waals surface area contributed by atoms with Crippen LogP contribution in [0.25, 0.3) is 0 Å². The lowest BCUT2D eigenvalue weighted by Crippen LogP contribution is -2.60. The summed E-state index contributed by atoms with van der Waals surface area (Å²) < 4.78 is 6.23. The van der Waals surface area contributed by atoms with Crippen LogP contribution < -0.4 is 15.0 Å². The van der Waals surface area contributed by atoms with Gasteiger partial charge < -0.3 is 15.0 Å². The number of ether oxygens (including phenoxy) is 1. The summed E-state index contributed by atoms with van der Waals surface area (Å²) in [7, 11) is 0. The molecule has 2 aliphatic rings. The lowest BCUT2D eigenvalue weighted by molar-refractivity contribution is -0.0304. The van der Waals surface area contributed by atoms with Crippen LogP contribution in [0.2, 0.25) is 0 Å². The van der Waals surface area contributed by atoms with Gasteiger partial charge in [-0.2, -0.15) is 0 Å². The molecule has 4 rings (SSSR count). The van der Waals surface area contributed by atoms with E-state index in [1.807, 2.05) is 24.3 Å². The van der Waals surface area contributed by atoms with E-state index >= 15 is 0 Å². The average molecular weight is 380 g/mol. The second-order valence-electron chi connectivity index (χ2n) is 7.66. The van der Waals surface area contributed by atoms with E-state index in [-0.39, 0.29) is 5.91 Å². The van der Waals surface area contributed by atoms with Gasteiger partial charge in [-0.3, -0.25) is 9.69 Å². The van der Waals surface area contributed by atoms with Crippen LogP contribution in [0.15, 0.2) is 48.5 Å². The number of carbonyl (C=O) groups is 1. The molecular weight excluding hydrogens is 350 g/mol. The molecule has 1 saturated heterocycles. The van der Waals surface area contributed by atoms with Gasteiger partial charge in [0.1, 0.15) is 5.75 Å². The number of hydrogen-bond donors (Lipinski definition) is 1. The number of para-hydroxylation sites is 1. The summed E-state index contributed by atoms with van der Waals surface area (Å²) in [6.45, 7) is 9.16. The molecule has 1 spiro atoms. The van der Waals surface area contributed by atoms with Gasteiger partial charge in [-0.1, -0.05) is 24.3 Å². The van der Waals surface area contributed by atoms with Crippen LogP contribution in [0.1, 0.15) is 42.6 Å². The summed E-state index contributed by atoms with van der Waals surface area (Å²) in [4.78, 5) is 17.3. The zero-order valence-corrected chi connectivity index (χ0v) is 16.8. The molecule has 2 heterocycles. The lowest BCUT2D eigenvalue weighted by Gasteiger charge is -2.44. The van der Waals surface area contributed by atoms with Crippen molar-refractivity contribution in [3.8, 4) is 5.75 Å². The smallest absolute Gasteiger partial charge is 0.258 e. The van der Waals surface area contributed by atoms with Crippen molar-refractivity contribution in [2.24, 2.45) is 0 Å². The number of likely N-dealkylation sites (tertiary alicyclic amines) is 1. The summed E-state index contributed by atoms with van der Waals surface area (Å²) >= 11 is 0. The number of fused-ring (bicyclic) bond motifs is 1. The first-order valence-electron chi connectivity index (χ1n) is 10.3. The van der Waals surface area contributed by atoms with E-state index in [0.29, 0.717) is 11.3 Å². The van der Waals surface area contributed by atoms with E-state index in [1.54, 1.807) is 0 Å². The van der Waals surface area contributed by atoms with Crippen LogP contribution in [-0.2, 0) is 6.54 Å². The zero-order chi connectivity index (χ0) is 19.6. The summed E-state index contributed by atoms with van der Waals surface area (Å²) in [5, 5.41) is 3.11. The van der Waals surface area contributed by atoms with Crippen molar-refractivity contribution in [2.75, 3.05) is 31.1 Å². The Balaban J connectivity index is 1.37. The molecule has 0 bridgehead atoms. The first-order valence-corrected chi connectivity index (χ1v) is 10.3. The minimum atomic E-state index is -0.561. The van der Waals surface area contributed by atoms with E-state index in [0.717, 1.165) is 45.6 Å². The van der Waals surface area contributed by atoms with Crippen LogP contribution in [-0.4, -0.2) is 42.7 Å². The largest absolute Gasteiger partial charge is 0.467 e. The van der Waals surface area contributed by atoms with Gasteiger partial charge in [0.25, 0.3) is 5.91 Å². The van der Waals surface area contributed by atoms with Gasteiger partial charge in [-0.25, -0.2) is 0 Å². The minimum absolute atomic E-state index is 0.0257. The number of benzene rings is 2. The fourth-order valence-corrected chi connectivity index (χ4v) is 4.21. The summed E-state index contributed by atoms with van der Waals surface area (Å²) in [6, 6.07) is 16.4. The highest BCUT2D eigenvalue weighted by Crippen LogP contribution is 2.33. The molecule has 1 N–H and O–H groups in total. The molecule has 1 amide bonds. The van der Waals surface area contributed by atoms with E-state index in [1.165, 1.54) is 11.3 Å². The standard InChI is InChI=1S/C23H29N3O2/c1-3-26(4-2)19-11-9-18(10-12-19)17-25-15-13-23(14-16-25)24-22(27)20-7-5-6-8-21(20)28-23/h5-12H,3-4,13-17H2,1-2H3,(H,24,27). The highest BCUT2D eigenvalue weighted by Gasteiger charge is 2.42. The SMILES string of the molecule is CCN(CC)c1ccc(CN2CCC3(CC2)NC(=O)c2ccccc2O3)cc1. The highest BCUT2D eigenvalue weighted by molar-refractivity contribution is 5.98. The van der Waals surface area contributed by atoms with Crippen molar-refractivity contribution in [1.82, 2.24) is 10.2 Å². The number of piperidine rings is 1. The van der Waals surface area contributed by atoms with Crippen molar-refractivity contribution in [3.63, 3.8) is 0 Å². The fraction of sp³-hybridized carbons (Fsp3) is 0.435. The Morgan fingerprint density at radius 1 is 1.04 bits per heavy atom. The number of rotatable bonds is 5. The van der Waals surface area contributed by atoms with Crippen LogP contribution in [0.5, 0.6) is 5.75 Å². The zero-order valence-electron chi connectivity index (χ0n) is 16.8. The molecule has 5 nitrogen and oxygen atoms in total. The van der Waals surface area contributed by atoms with Gasteiger partial charge in [0.05, 0.1) is 5.56 Å². The van der Waals surface area contributed by atoms with E-state index in [2.05, 4.69) is 53.2 Å². The number of carbonyl (C=O) groups excluding carboxylic acids is 1. The van der Waals surface area contributed by atoms with Crippen LogP contribution in [0.3, 0.4) is 0 Å². The van der Waals surface area contributed by atoms with Crippen LogP contribution in [0.4, 0.5) is 5.69 Å². The second kappa shape index (κ2) is 7.84. The molecule has 2 aromatic carbocycles. The lowest BCUT2D eigenvalue weighted by atomic mass is 9.96. The molecule has 0 atom stereocenters. The van der Waals surface area contributed by atoms with Gasteiger partial charge in [0, 0.05) is 51.3 Å². The first kappa shape index (κ1) is 18.8. The second-order valence-corrected chi connectivity index (χ2v) is 7.66. The maximum Gasteiger partial charge on any atom is 0.258 e. The highest BCUT2D eigenvalue weighted by atomic mass is 16.5. The Bertz CT molecular complexity index is 822. The molecule has 28 heavy (non-hydrogen) atoms. The van der Waals surface area contributed by atoms with Gasteiger partial charge in [0.2, 0.25) is 0 Å². The van der Waals surface area contributed by atoms with Crippen molar-refractivity contribution in [3.05, 3.63) is 59.7 Å². The Morgan fingerprint density at radius 2 is 1.71 bits per heavy atom. The topological polar surface area (TPSA) is 44.8 Å². The minimum Gasteiger partial charge on any atom is -0.467 e. The number of anilines is 1. The maximum absolute atomic E-state index is 12.5. The van der Waals surface area contributed by atoms with E-state index in [9.17, 15) is 4.79 Å². The fourth-order valence-electron chi connectivity index (χ4n) is 4.21. The third kappa shape index (κ3) is 3.72. The molecular formula is C23H29N3O2. The first-order chi connectivity index (χ1) is 13.6. The Kier molecular flexibility index (Phi) is 5.27. The summed E-state index contributed by atoms with van der Waals surface area (Å²) in [5.41, 5.74) is 2.67. The molecule has 0 radical (unpaired) electrons. The molecule has 0 unspecified atom stereocenters. The van der Waals surface area contributed by atoms with Gasteiger partial charge in [-0.05, 0) is 43.7 Å². The van der Waals surface area contributed by atoms with E-state index < -0.39 is 5.72 Å². The summed E-state index contributed by atoms with van der Waals surface area (Å²) in [6.07, 6.45) is 1.59. The Hall–Kier alpha value is -2.53. The molecule has 5 heteroatoms. The van der Waals surface area contributed by atoms with Crippen molar-refractivity contribution in [1.29, 1.82) is 0 Å². The number of nitrogens with zero attached hydrogens (tertiary/aromatic N) is 2. The van der Waals surface area contributed by atoms with Gasteiger partial charge >= 0.3 is 0 Å². The van der Waals surface area contributed by atoms with E-state index in [4.69, 9.17) is 4.74 Å². The summed E-state index contributed by atoms with van der Waals surface area (Å²) in [5.74, 6) is 0.675. The number of nitrogens with one attached hydrogen (secondary N) is 1. The van der Waals surface area contributed by atoms with Crippen LogP contribution in [0, 0.1) is 0 Å². The van der Waals surface area contributed by atoms with Gasteiger partial charge in [0.15, 0.2) is 5.72 Å². The molecule has 0 aliphatic carbocycles. The predicted molar refractivity (Wildman–Crippen MR) is 112 cm³/mol. The normalized spacial score (nSPS) is 18.3. The van der Waals surface area contributed by atoms with Crippen LogP contribution >= 0.6 is 0 Å². The number of amides is 1. The molecule has 0 aromatic heterocycles. The van der Waals surface area contributed by atoms with Gasteiger partial charge in [-0.15, -0.1) is 0 Å². The van der Waals surface area contributed by atoms with Crippen molar-refractivity contribution < 1.29 is 9.53 Å². The third-order valence-corrected chi connectivity index (χ3v) is 5.91. The molecule has 0 saturated carbocycles. The number of hydrogen-bond acceptors (Lipinski definition) is 4. The third-order valence-electron chi connectivity index (χ3n) is 5.91. The molecule has 148 valence electrons. The Labute approximate surface area is 167 Å². The molecule has 2 aromatic rings. The monoisotopic (exact) mass is 379 g/mol. The molecule has 1 fully saturated rings. The quantitative estimate of drug-likeness (QED) is 0.861. The van der Waals surface area contributed by atoms with Crippen molar-refractivity contribution >= 4 is 11.6 Å². The molecule has 2 aliphatic heterocycles. The Morgan fingerprint density at radius 3 is 2.39 bits per heavy atom. The predicted octanol–water partition coefficient (Wildman–Crippen LogP) is 3.65. The average Bonchev–Trinajstić information content (AvgIpc) is 2.72. The van der Waals surface area contributed by atoms with Crippen molar-refractivity contribution in [2.45, 2.75) is 39.0 Å².